The lowest BCUT2D eigenvalue weighted by Gasteiger charge is -2.46. The van der Waals surface area contributed by atoms with Crippen LogP contribution < -0.4 is 0 Å². The average molecular weight is 303 g/mol. The van der Waals surface area contributed by atoms with Gasteiger partial charge in [-0.05, 0) is 18.3 Å². The van der Waals surface area contributed by atoms with E-state index in [1.54, 1.807) is 6.92 Å². The largest absolute Gasteiger partial charge is 0.274 e. The van der Waals surface area contributed by atoms with Gasteiger partial charge in [-0.25, -0.2) is 12.7 Å². The van der Waals surface area contributed by atoms with Gasteiger partial charge < -0.3 is 0 Å². The van der Waals surface area contributed by atoms with E-state index in [1.807, 2.05) is 6.92 Å². The molecule has 5 heteroatoms. The molecular weight excluding hydrogens is 274 g/mol. The van der Waals surface area contributed by atoms with Crippen LogP contribution in [0.3, 0.4) is 0 Å². The summed E-state index contributed by atoms with van der Waals surface area (Å²) < 4.78 is 26.3. The van der Waals surface area contributed by atoms with Gasteiger partial charge in [-0.3, -0.25) is 4.79 Å². The summed E-state index contributed by atoms with van der Waals surface area (Å²) in [5, 5.41) is 0. The Hall–Kier alpha value is -0.580. The van der Waals surface area contributed by atoms with E-state index in [1.165, 1.54) is 4.31 Å². The van der Waals surface area contributed by atoms with E-state index in [0.717, 1.165) is 12.8 Å². The zero-order valence-corrected chi connectivity index (χ0v) is 14.5. The monoisotopic (exact) mass is 303 g/mol. The molecule has 1 aliphatic heterocycles. The van der Waals surface area contributed by atoms with Gasteiger partial charge in [-0.2, -0.15) is 0 Å². The number of carbonyl (C=O) groups excluding carboxylic acids is 1. The van der Waals surface area contributed by atoms with Crippen LogP contribution in [-0.4, -0.2) is 30.4 Å². The summed E-state index contributed by atoms with van der Waals surface area (Å²) in [5.41, 5.74) is -0.500. The van der Waals surface area contributed by atoms with E-state index in [2.05, 4.69) is 27.7 Å². The van der Waals surface area contributed by atoms with Gasteiger partial charge in [0.05, 0.1) is 11.8 Å². The van der Waals surface area contributed by atoms with E-state index in [-0.39, 0.29) is 35.0 Å². The number of hydrogen-bond acceptors (Lipinski definition) is 3. The number of rotatable bonds is 4. The van der Waals surface area contributed by atoms with Crippen LogP contribution in [0.25, 0.3) is 0 Å². The van der Waals surface area contributed by atoms with Gasteiger partial charge >= 0.3 is 0 Å². The predicted octanol–water partition coefficient (Wildman–Crippen LogP) is 3.18. The van der Waals surface area contributed by atoms with Gasteiger partial charge in [0.15, 0.2) is 0 Å². The average Bonchev–Trinajstić information content (AvgIpc) is 2.56. The molecule has 1 rings (SSSR count). The minimum Gasteiger partial charge on any atom is -0.274 e. The second kappa shape index (κ2) is 5.66. The molecule has 1 fully saturated rings. The third kappa shape index (κ3) is 2.61. The molecule has 1 heterocycles. The molecule has 118 valence electrons. The maximum absolute atomic E-state index is 12.6. The number of hydrogen-bond donors (Lipinski definition) is 0. The zero-order chi connectivity index (χ0) is 15.8. The molecule has 1 amide bonds. The number of nitrogens with zero attached hydrogens (tertiary/aromatic N) is 1. The van der Waals surface area contributed by atoms with Crippen molar-refractivity contribution in [2.75, 3.05) is 5.75 Å². The first-order chi connectivity index (χ1) is 9.07. The molecule has 0 radical (unpaired) electrons. The Morgan fingerprint density at radius 1 is 1.25 bits per heavy atom. The van der Waals surface area contributed by atoms with Crippen LogP contribution >= 0.6 is 0 Å². The van der Waals surface area contributed by atoms with E-state index in [9.17, 15) is 13.2 Å². The minimum atomic E-state index is -3.49. The van der Waals surface area contributed by atoms with Crippen LogP contribution in [0.4, 0.5) is 0 Å². The van der Waals surface area contributed by atoms with Crippen molar-refractivity contribution in [3.8, 4) is 0 Å². The van der Waals surface area contributed by atoms with Crippen LogP contribution in [-0.2, 0) is 14.8 Å². The van der Waals surface area contributed by atoms with Crippen LogP contribution in [0, 0.1) is 10.8 Å². The summed E-state index contributed by atoms with van der Waals surface area (Å²) in [7, 11) is -3.49. The maximum Gasteiger partial charge on any atom is 0.238 e. The Labute approximate surface area is 124 Å². The third-order valence-corrected chi connectivity index (χ3v) is 6.72. The SMILES string of the molecule is CCCC1(C(C)(C)C)CS(=O)(=O)N(C(=O)CC)C1CC. The Balaban J connectivity index is 3.45. The highest BCUT2D eigenvalue weighted by Crippen LogP contribution is 2.54. The van der Waals surface area contributed by atoms with E-state index < -0.39 is 10.0 Å². The van der Waals surface area contributed by atoms with Crippen molar-refractivity contribution in [1.29, 1.82) is 0 Å². The quantitative estimate of drug-likeness (QED) is 0.801. The van der Waals surface area contributed by atoms with Gasteiger partial charge in [0, 0.05) is 11.8 Å². The molecule has 0 aromatic rings. The highest BCUT2D eigenvalue weighted by molar-refractivity contribution is 7.90. The smallest absolute Gasteiger partial charge is 0.238 e. The molecule has 1 aliphatic rings. The fraction of sp³-hybridized carbons (Fsp3) is 0.933. The highest BCUT2D eigenvalue weighted by atomic mass is 32.2. The Morgan fingerprint density at radius 2 is 1.80 bits per heavy atom. The molecule has 1 saturated heterocycles. The molecule has 0 bridgehead atoms. The highest BCUT2D eigenvalue weighted by Gasteiger charge is 2.60. The second-order valence-electron chi connectivity index (χ2n) is 6.88. The van der Waals surface area contributed by atoms with Crippen molar-refractivity contribution in [1.82, 2.24) is 4.31 Å². The van der Waals surface area contributed by atoms with Crippen molar-refractivity contribution in [2.45, 2.75) is 73.3 Å². The Bertz CT molecular complexity index is 464. The van der Waals surface area contributed by atoms with Crippen LogP contribution in [0.5, 0.6) is 0 Å². The molecule has 4 nitrogen and oxygen atoms in total. The summed E-state index contributed by atoms with van der Waals surface area (Å²) in [6, 6.07) is -0.208. The van der Waals surface area contributed by atoms with Crippen molar-refractivity contribution in [2.24, 2.45) is 10.8 Å². The van der Waals surface area contributed by atoms with Crippen molar-refractivity contribution < 1.29 is 13.2 Å². The van der Waals surface area contributed by atoms with Gasteiger partial charge in [0.2, 0.25) is 15.9 Å². The summed E-state index contributed by atoms with van der Waals surface area (Å²) in [4.78, 5) is 12.2. The van der Waals surface area contributed by atoms with Gasteiger partial charge in [0.1, 0.15) is 0 Å². The lowest BCUT2D eigenvalue weighted by Crippen LogP contribution is -2.49. The molecule has 0 aromatic carbocycles. The molecule has 0 spiro atoms. The first-order valence-corrected chi connectivity index (χ1v) is 9.23. The van der Waals surface area contributed by atoms with Crippen molar-refractivity contribution in [3.05, 3.63) is 0 Å². The Kier molecular flexibility index (Phi) is 4.95. The first kappa shape index (κ1) is 17.5. The fourth-order valence-electron chi connectivity index (χ4n) is 3.73. The lowest BCUT2D eigenvalue weighted by molar-refractivity contribution is -0.129. The maximum atomic E-state index is 12.6. The van der Waals surface area contributed by atoms with Crippen molar-refractivity contribution >= 4 is 15.9 Å². The summed E-state index contributed by atoms with van der Waals surface area (Å²) in [6.45, 7) is 12.1. The van der Waals surface area contributed by atoms with Crippen LogP contribution in [0.15, 0.2) is 0 Å². The van der Waals surface area contributed by atoms with E-state index in [0.29, 0.717) is 6.42 Å². The lowest BCUT2D eigenvalue weighted by atomic mass is 9.60. The first-order valence-electron chi connectivity index (χ1n) is 7.62. The molecule has 2 unspecified atom stereocenters. The van der Waals surface area contributed by atoms with Gasteiger partial charge in [0.25, 0.3) is 0 Å². The topological polar surface area (TPSA) is 54.5 Å². The normalized spacial score (nSPS) is 29.7. The summed E-state index contributed by atoms with van der Waals surface area (Å²) in [5.74, 6) is -0.166. The van der Waals surface area contributed by atoms with Gasteiger partial charge in [-0.1, -0.05) is 48.0 Å². The standard InChI is InChI=1S/C15H29NO3S/c1-7-10-15(14(4,5)6)11-20(18,19)16(12(15)8-2)13(17)9-3/h12H,7-11H2,1-6H3. The third-order valence-electron chi connectivity index (χ3n) is 4.79. The molecule has 2 atom stereocenters. The molecule has 20 heavy (non-hydrogen) atoms. The van der Waals surface area contributed by atoms with Crippen molar-refractivity contribution in [3.63, 3.8) is 0 Å². The molecule has 0 aromatic heterocycles. The van der Waals surface area contributed by atoms with Crippen LogP contribution in [0.2, 0.25) is 0 Å². The summed E-state index contributed by atoms with van der Waals surface area (Å²) in [6.07, 6.45) is 2.68. The zero-order valence-electron chi connectivity index (χ0n) is 13.7. The predicted molar refractivity (Wildman–Crippen MR) is 81.8 cm³/mol. The second-order valence-corrected chi connectivity index (χ2v) is 8.73. The molecule has 0 saturated carbocycles. The Morgan fingerprint density at radius 3 is 2.15 bits per heavy atom. The van der Waals surface area contributed by atoms with E-state index in [4.69, 9.17) is 0 Å². The number of carbonyl (C=O) groups is 1. The fourth-order valence-corrected chi connectivity index (χ4v) is 6.46. The molecule has 0 aliphatic carbocycles. The van der Waals surface area contributed by atoms with Gasteiger partial charge in [-0.15, -0.1) is 0 Å². The van der Waals surface area contributed by atoms with Crippen LogP contribution in [0.1, 0.15) is 67.2 Å². The minimum absolute atomic E-state index is 0.0988. The number of amides is 1. The number of sulfonamides is 1. The molecule has 0 N–H and O–H groups in total. The molecular formula is C15H29NO3S. The summed E-state index contributed by atoms with van der Waals surface area (Å²) >= 11 is 0. The van der Waals surface area contributed by atoms with E-state index >= 15 is 0 Å².